The quantitative estimate of drug-likeness (QED) is 0.232. The van der Waals surface area contributed by atoms with Crippen molar-refractivity contribution >= 4 is 40.4 Å². The van der Waals surface area contributed by atoms with Gasteiger partial charge in [-0.15, -0.1) is 0 Å². The number of phosphoric ester groups is 1. The van der Waals surface area contributed by atoms with Crippen LogP contribution in [0.3, 0.4) is 0 Å². The van der Waals surface area contributed by atoms with E-state index in [1.165, 1.54) is 10.9 Å². The van der Waals surface area contributed by atoms with Gasteiger partial charge in [-0.25, -0.2) is 33.0 Å². The summed E-state index contributed by atoms with van der Waals surface area (Å²) in [4.78, 5) is 48.3. The van der Waals surface area contributed by atoms with Gasteiger partial charge in [-0.1, -0.05) is 0 Å². The van der Waals surface area contributed by atoms with Crippen molar-refractivity contribution in [2.45, 2.75) is 38.0 Å². The number of anilines is 1. The number of nitrogens with zero attached hydrogens (tertiary/aromatic N) is 4. The standard InChI is InChI=1S/C13H21FN5O12P3/c1-6-17-10(15-3)8-11(18-6)19(5-16-8)12-13(2,14)9(20)7(29-12)4-28-33(24,25)31-34(26,27)30-32(21,22)23/h5,7,9,12,20H,4H2,1-3H3,(H,24,25)(H,26,27)(H,15,17,18)(H2,21,22,23)/t7-,9-,12-,13-/m1/s1. The highest BCUT2D eigenvalue weighted by Crippen LogP contribution is 2.66. The van der Waals surface area contributed by atoms with E-state index in [0.717, 1.165) is 6.92 Å². The average molecular weight is 551 g/mol. The molecule has 6 atom stereocenters. The number of halogens is 1. The predicted molar refractivity (Wildman–Crippen MR) is 109 cm³/mol. The van der Waals surface area contributed by atoms with Crippen LogP contribution in [0.15, 0.2) is 6.33 Å². The van der Waals surface area contributed by atoms with Crippen LogP contribution >= 0.6 is 23.5 Å². The molecule has 34 heavy (non-hydrogen) atoms. The Morgan fingerprint density at radius 3 is 2.44 bits per heavy atom. The molecule has 192 valence electrons. The molecule has 0 bridgehead atoms. The third kappa shape index (κ3) is 5.87. The minimum atomic E-state index is -5.74. The van der Waals surface area contributed by atoms with Gasteiger partial charge in [0.1, 0.15) is 18.0 Å². The van der Waals surface area contributed by atoms with Gasteiger partial charge in [0.25, 0.3) is 0 Å². The van der Waals surface area contributed by atoms with E-state index in [9.17, 15) is 28.6 Å². The first-order chi connectivity index (χ1) is 15.5. The van der Waals surface area contributed by atoms with Crippen molar-refractivity contribution in [1.29, 1.82) is 0 Å². The minimum absolute atomic E-state index is 0.159. The molecule has 2 aromatic rings. The van der Waals surface area contributed by atoms with E-state index in [4.69, 9.17) is 14.5 Å². The van der Waals surface area contributed by atoms with Crippen LogP contribution in [0.1, 0.15) is 19.0 Å². The molecule has 21 heteroatoms. The molecule has 2 unspecified atom stereocenters. The van der Waals surface area contributed by atoms with E-state index in [1.807, 2.05) is 0 Å². The highest BCUT2D eigenvalue weighted by molar-refractivity contribution is 7.66. The molecular weight excluding hydrogens is 530 g/mol. The summed E-state index contributed by atoms with van der Waals surface area (Å²) in [6.07, 6.45) is -3.89. The van der Waals surface area contributed by atoms with Gasteiger partial charge in [0, 0.05) is 7.05 Å². The van der Waals surface area contributed by atoms with Crippen molar-refractivity contribution in [1.82, 2.24) is 19.5 Å². The Hall–Kier alpha value is -1.39. The molecule has 1 saturated heterocycles. The lowest BCUT2D eigenvalue weighted by atomic mass is 9.98. The van der Waals surface area contributed by atoms with E-state index in [2.05, 4.69) is 33.4 Å². The van der Waals surface area contributed by atoms with Crippen molar-refractivity contribution < 1.29 is 60.6 Å². The van der Waals surface area contributed by atoms with Gasteiger partial charge in [-0.2, -0.15) is 8.62 Å². The Labute approximate surface area is 190 Å². The largest absolute Gasteiger partial charge is 0.490 e. The number of hydrogen-bond acceptors (Lipinski definition) is 12. The Kier molecular flexibility index (Phi) is 7.39. The van der Waals surface area contributed by atoms with Crippen molar-refractivity contribution in [2.75, 3.05) is 19.0 Å². The number of fused-ring (bicyclic) bond motifs is 1. The molecule has 1 fully saturated rings. The Bertz CT molecular complexity index is 1220. The summed E-state index contributed by atoms with van der Waals surface area (Å²) >= 11 is 0. The molecule has 3 heterocycles. The predicted octanol–water partition coefficient (Wildman–Crippen LogP) is 0.506. The number of hydrogen-bond donors (Lipinski definition) is 6. The number of aliphatic hydroxyl groups is 1. The molecule has 17 nitrogen and oxygen atoms in total. The maximum atomic E-state index is 15.5. The molecule has 2 aromatic heterocycles. The van der Waals surface area contributed by atoms with Gasteiger partial charge >= 0.3 is 23.5 Å². The van der Waals surface area contributed by atoms with Crippen LogP contribution in [0.2, 0.25) is 0 Å². The summed E-state index contributed by atoms with van der Waals surface area (Å²) in [5, 5.41) is 13.2. The lowest BCUT2D eigenvalue weighted by Crippen LogP contribution is -2.40. The van der Waals surface area contributed by atoms with Crippen LogP contribution in [0.25, 0.3) is 11.2 Å². The first-order valence-electron chi connectivity index (χ1n) is 9.15. The van der Waals surface area contributed by atoms with E-state index < -0.39 is 54.2 Å². The fraction of sp³-hybridized carbons (Fsp3) is 0.615. The summed E-state index contributed by atoms with van der Waals surface area (Å²) in [5.74, 6) is 0.673. The van der Waals surface area contributed by atoms with Gasteiger partial charge in [0.05, 0.1) is 12.9 Å². The average Bonchev–Trinajstić information content (AvgIpc) is 3.15. The molecule has 6 N–H and O–H groups in total. The van der Waals surface area contributed by atoms with Crippen LogP contribution in [-0.4, -0.2) is 75.7 Å². The highest BCUT2D eigenvalue weighted by Gasteiger charge is 2.56. The summed E-state index contributed by atoms with van der Waals surface area (Å²) in [6.45, 7) is 1.54. The van der Waals surface area contributed by atoms with E-state index in [1.54, 1.807) is 14.0 Å². The summed E-state index contributed by atoms with van der Waals surface area (Å²) < 4.78 is 67.8. The van der Waals surface area contributed by atoms with Crippen LogP contribution < -0.4 is 5.32 Å². The van der Waals surface area contributed by atoms with E-state index >= 15 is 4.39 Å². The lowest BCUT2D eigenvalue weighted by Gasteiger charge is -2.24. The fourth-order valence-electron chi connectivity index (χ4n) is 3.19. The molecule has 1 aliphatic heterocycles. The second-order valence-corrected chi connectivity index (χ2v) is 11.6. The molecule has 0 aromatic carbocycles. The first-order valence-corrected chi connectivity index (χ1v) is 13.7. The van der Waals surface area contributed by atoms with Crippen LogP contribution in [0, 0.1) is 6.92 Å². The smallest absolute Gasteiger partial charge is 0.387 e. The van der Waals surface area contributed by atoms with Gasteiger partial charge < -0.3 is 34.7 Å². The number of imidazole rings is 1. The fourth-order valence-corrected chi connectivity index (χ4v) is 6.22. The molecule has 0 saturated carbocycles. The monoisotopic (exact) mass is 551 g/mol. The molecule has 3 rings (SSSR count). The molecule has 1 aliphatic rings. The number of alkyl halides is 1. The first kappa shape index (κ1) is 27.2. The van der Waals surface area contributed by atoms with E-state index in [0.29, 0.717) is 11.6 Å². The van der Waals surface area contributed by atoms with Crippen molar-refractivity contribution in [2.24, 2.45) is 0 Å². The van der Waals surface area contributed by atoms with Crippen LogP contribution in [-0.2, 0) is 31.6 Å². The zero-order valence-electron chi connectivity index (χ0n) is 17.6. The lowest BCUT2D eigenvalue weighted by molar-refractivity contribution is -0.0560. The molecule has 0 aliphatic carbocycles. The Morgan fingerprint density at radius 1 is 1.21 bits per heavy atom. The number of aliphatic hydroxyl groups excluding tert-OH is 1. The number of ether oxygens (including phenoxy) is 1. The van der Waals surface area contributed by atoms with Gasteiger partial charge in [0.2, 0.25) is 0 Å². The zero-order valence-corrected chi connectivity index (χ0v) is 20.3. The number of aromatic nitrogens is 4. The Morgan fingerprint density at radius 2 is 1.85 bits per heavy atom. The number of nitrogens with one attached hydrogen (secondary N) is 1. The van der Waals surface area contributed by atoms with Crippen molar-refractivity contribution in [3.63, 3.8) is 0 Å². The SMILES string of the molecule is CNc1nc(C)nc2c1ncn2[C@@H]1O[C@H](COP(=O)(O)OP(=O)(O)OP(=O)(O)O)[C@@H](O)[C@@]1(C)F. The van der Waals surface area contributed by atoms with Gasteiger partial charge in [0.15, 0.2) is 28.9 Å². The molecule has 0 spiro atoms. The normalized spacial score (nSPS) is 29.1. The minimum Gasteiger partial charge on any atom is -0.387 e. The third-order valence-corrected chi connectivity index (χ3v) is 8.36. The van der Waals surface area contributed by atoms with Crippen molar-refractivity contribution in [3.05, 3.63) is 12.2 Å². The number of aryl methyl sites for hydroxylation is 1. The Balaban J connectivity index is 1.79. The van der Waals surface area contributed by atoms with Gasteiger partial charge in [-0.3, -0.25) is 9.09 Å². The van der Waals surface area contributed by atoms with Crippen LogP contribution in [0.4, 0.5) is 10.2 Å². The highest BCUT2D eigenvalue weighted by atomic mass is 31.3. The summed E-state index contributed by atoms with van der Waals surface area (Å²) in [7, 11) is -15.2. The second-order valence-electron chi connectivity index (χ2n) is 7.20. The molecule has 0 radical (unpaired) electrons. The molecule has 0 amide bonds. The number of rotatable bonds is 9. The summed E-state index contributed by atoms with van der Waals surface area (Å²) in [5.41, 5.74) is -2.07. The van der Waals surface area contributed by atoms with Crippen LogP contribution in [0.5, 0.6) is 0 Å². The summed E-state index contributed by atoms with van der Waals surface area (Å²) in [6, 6.07) is 0. The second kappa shape index (κ2) is 9.24. The molecular formula is C13H21FN5O12P3. The van der Waals surface area contributed by atoms with E-state index in [-0.39, 0.29) is 11.2 Å². The zero-order chi connectivity index (χ0) is 25.7. The maximum absolute atomic E-state index is 15.5. The topological polar surface area (TPSA) is 245 Å². The third-order valence-electron chi connectivity index (χ3n) is 4.56. The van der Waals surface area contributed by atoms with Gasteiger partial charge in [-0.05, 0) is 13.8 Å². The van der Waals surface area contributed by atoms with Crippen molar-refractivity contribution in [3.8, 4) is 0 Å². The number of phosphoric acid groups is 3. The maximum Gasteiger partial charge on any atom is 0.490 e.